The molecule has 1 N–H and O–H groups in total. The average molecular weight is 225 g/mol. The van der Waals surface area contributed by atoms with Crippen LogP contribution in [0.2, 0.25) is 0 Å². The van der Waals surface area contributed by atoms with Crippen molar-refractivity contribution in [2.75, 3.05) is 7.05 Å². The molecule has 0 aliphatic rings. The molecule has 0 aliphatic carbocycles. The number of hydrogen-bond donors (Lipinski definition) is 1. The third-order valence-electron chi connectivity index (χ3n) is 2.72. The maximum absolute atomic E-state index is 13.9. The first-order valence-electron chi connectivity index (χ1n) is 5.14. The Hall–Kier alpha value is -1.42. The van der Waals surface area contributed by atoms with Gasteiger partial charge in [-0.2, -0.15) is 0 Å². The minimum atomic E-state index is -0.514. The minimum Gasteiger partial charge on any atom is -0.461 e. The fourth-order valence-corrected chi connectivity index (χ4v) is 1.70. The predicted octanol–water partition coefficient (Wildman–Crippen LogP) is 2.86. The van der Waals surface area contributed by atoms with Crippen molar-refractivity contribution < 1.29 is 13.2 Å². The van der Waals surface area contributed by atoms with E-state index in [-0.39, 0.29) is 17.0 Å². The smallest absolute Gasteiger partial charge is 0.172 e. The molecular weight excluding hydrogens is 212 g/mol. The zero-order valence-electron chi connectivity index (χ0n) is 9.18. The molecule has 2 aromatic rings. The summed E-state index contributed by atoms with van der Waals surface area (Å²) in [6, 6.07) is 2.74. The Morgan fingerprint density at radius 3 is 2.88 bits per heavy atom. The summed E-state index contributed by atoms with van der Waals surface area (Å²) in [7, 11) is 1.79. The summed E-state index contributed by atoms with van der Waals surface area (Å²) in [6.45, 7) is 1.91. The van der Waals surface area contributed by atoms with Crippen LogP contribution in [-0.2, 0) is 6.42 Å². The van der Waals surface area contributed by atoms with Crippen molar-refractivity contribution in [2.24, 2.45) is 0 Å². The van der Waals surface area contributed by atoms with Crippen LogP contribution >= 0.6 is 0 Å². The number of likely N-dealkylation sites (N-methyl/N-ethyl adjacent to an activating group) is 1. The van der Waals surface area contributed by atoms with E-state index in [0.29, 0.717) is 12.0 Å². The second-order valence-electron chi connectivity index (χ2n) is 3.89. The molecule has 1 aromatic heterocycles. The van der Waals surface area contributed by atoms with E-state index in [0.717, 1.165) is 0 Å². The van der Waals surface area contributed by atoms with Gasteiger partial charge in [-0.25, -0.2) is 8.78 Å². The first-order valence-corrected chi connectivity index (χ1v) is 5.14. The lowest BCUT2D eigenvalue weighted by atomic mass is 10.0. The van der Waals surface area contributed by atoms with Crippen LogP contribution < -0.4 is 5.32 Å². The highest BCUT2D eigenvalue weighted by atomic mass is 19.1. The zero-order chi connectivity index (χ0) is 11.7. The van der Waals surface area contributed by atoms with Crippen LogP contribution in [0.1, 0.15) is 12.5 Å². The molecule has 16 heavy (non-hydrogen) atoms. The maximum Gasteiger partial charge on any atom is 0.172 e. The molecule has 1 aromatic carbocycles. The Morgan fingerprint density at radius 2 is 2.19 bits per heavy atom. The van der Waals surface area contributed by atoms with Gasteiger partial charge in [-0.1, -0.05) is 0 Å². The van der Waals surface area contributed by atoms with Crippen LogP contribution in [0.15, 0.2) is 22.8 Å². The molecule has 0 spiro atoms. The van der Waals surface area contributed by atoms with Crippen LogP contribution in [0.4, 0.5) is 8.78 Å². The molecule has 1 atom stereocenters. The van der Waals surface area contributed by atoms with Gasteiger partial charge in [0.2, 0.25) is 0 Å². The van der Waals surface area contributed by atoms with Crippen LogP contribution in [0.3, 0.4) is 0 Å². The first-order chi connectivity index (χ1) is 7.63. The summed E-state index contributed by atoms with van der Waals surface area (Å²) >= 11 is 0. The molecule has 1 heterocycles. The highest BCUT2D eigenvalue weighted by Crippen LogP contribution is 2.25. The van der Waals surface area contributed by atoms with E-state index >= 15 is 0 Å². The standard InChI is InChI=1S/C12H13F2NO/c1-7(15-2)5-8-6-10(13)12-9(11(8)14)3-4-16-12/h3-4,6-7,15H,5H2,1-2H3/t7-/m1/s1. The lowest BCUT2D eigenvalue weighted by Gasteiger charge is -2.11. The molecule has 4 heteroatoms. The van der Waals surface area contributed by atoms with Crippen molar-refractivity contribution in [1.82, 2.24) is 5.32 Å². The Labute approximate surface area is 92.2 Å². The topological polar surface area (TPSA) is 25.2 Å². The number of nitrogens with one attached hydrogen (secondary N) is 1. The third kappa shape index (κ3) is 1.80. The van der Waals surface area contributed by atoms with E-state index in [1.54, 1.807) is 7.05 Å². The molecule has 2 rings (SSSR count). The van der Waals surface area contributed by atoms with Gasteiger partial charge in [0.25, 0.3) is 0 Å². The number of rotatable bonds is 3. The summed E-state index contributed by atoms with van der Waals surface area (Å²) in [5.74, 6) is -0.910. The van der Waals surface area contributed by atoms with Crippen molar-refractivity contribution in [3.05, 3.63) is 35.6 Å². The molecule has 0 unspecified atom stereocenters. The zero-order valence-corrected chi connectivity index (χ0v) is 9.18. The van der Waals surface area contributed by atoms with Gasteiger partial charge in [-0.05, 0) is 38.1 Å². The van der Waals surface area contributed by atoms with E-state index in [1.807, 2.05) is 6.92 Å². The van der Waals surface area contributed by atoms with Gasteiger partial charge < -0.3 is 9.73 Å². The summed E-state index contributed by atoms with van der Waals surface area (Å²) in [6.07, 6.45) is 1.74. The van der Waals surface area contributed by atoms with Crippen molar-refractivity contribution >= 4 is 11.0 Å². The Kier molecular flexibility index (Phi) is 2.92. The van der Waals surface area contributed by atoms with Crippen LogP contribution in [0.5, 0.6) is 0 Å². The fourth-order valence-electron chi connectivity index (χ4n) is 1.70. The SMILES string of the molecule is CN[C@H](C)Cc1cc(F)c2occc2c1F. The average Bonchev–Trinajstić information content (AvgIpc) is 2.74. The van der Waals surface area contributed by atoms with Crippen molar-refractivity contribution in [3.63, 3.8) is 0 Å². The van der Waals surface area contributed by atoms with Gasteiger partial charge in [0.05, 0.1) is 11.6 Å². The lowest BCUT2D eigenvalue weighted by Crippen LogP contribution is -2.24. The summed E-state index contributed by atoms with van der Waals surface area (Å²) in [4.78, 5) is 0. The first kappa shape index (κ1) is 11.1. The summed E-state index contributed by atoms with van der Waals surface area (Å²) in [5.41, 5.74) is 0.353. The van der Waals surface area contributed by atoms with Crippen LogP contribution in [-0.4, -0.2) is 13.1 Å². The highest BCUT2D eigenvalue weighted by molar-refractivity contribution is 5.79. The van der Waals surface area contributed by atoms with E-state index in [4.69, 9.17) is 4.42 Å². The summed E-state index contributed by atoms with van der Waals surface area (Å²) in [5, 5.41) is 3.20. The molecule has 0 bridgehead atoms. The predicted molar refractivity (Wildman–Crippen MR) is 58.4 cm³/mol. The van der Waals surface area contributed by atoms with Gasteiger partial charge in [0.1, 0.15) is 5.82 Å². The van der Waals surface area contributed by atoms with Gasteiger partial charge in [0.15, 0.2) is 11.4 Å². The molecule has 0 saturated heterocycles. The molecule has 0 fully saturated rings. The van der Waals surface area contributed by atoms with Gasteiger partial charge in [0, 0.05) is 6.04 Å². The number of hydrogen-bond acceptors (Lipinski definition) is 2. The van der Waals surface area contributed by atoms with E-state index in [2.05, 4.69) is 5.32 Å². The molecule has 2 nitrogen and oxygen atoms in total. The molecule has 0 amide bonds. The number of benzene rings is 1. The van der Waals surface area contributed by atoms with Crippen LogP contribution in [0, 0.1) is 11.6 Å². The number of halogens is 2. The van der Waals surface area contributed by atoms with E-state index in [9.17, 15) is 8.78 Å². The molecule has 0 aliphatic heterocycles. The molecule has 86 valence electrons. The minimum absolute atomic E-state index is 0.0154. The molecule has 0 saturated carbocycles. The second-order valence-corrected chi connectivity index (χ2v) is 3.89. The van der Waals surface area contributed by atoms with Crippen molar-refractivity contribution in [2.45, 2.75) is 19.4 Å². The quantitative estimate of drug-likeness (QED) is 0.868. The lowest BCUT2D eigenvalue weighted by molar-refractivity contribution is 0.540. The largest absolute Gasteiger partial charge is 0.461 e. The highest BCUT2D eigenvalue weighted by Gasteiger charge is 2.15. The Bertz CT molecular complexity index is 507. The van der Waals surface area contributed by atoms with Gasteiger partial charge in [-0.15, -0.1) is 0 Å². The van der Waals surface area contributed by atoms with E-state index in [1.165, 1.54) is 18.4 Å². The summed E-state index contributed by atoms with van der Waals surface area (Å²) < 4.78 is 32.3. The van der Waals surface area contributed by atoms with Gasteiger partial charge >= 0.3 is 0 Å². The van der Waals surface area contributed by atoms with Gasteiger partial charge in [-0.3, -0.25) is 0 Å². The maximum atomic E-state index is 13.9. The normalized spacial score (nSPS) is 13.2. The third-order valence-corrected chi connectivity index (χ3v) is 2.72. The molecule has 0 radical (unpaired) electrons. The van der Waals surface area contributed by atoms with Crippen LogP contribution in [0.25, 0.3) is 11.0 Å². The number of fused-ring (bicyclic) bond motifs is 1. The monoisotopic (exact) mass is 225 g/mol. The fraction of sp³-hybridized carbons (Fsp3) is 0.333. The number of furan rings is 1. The van der Waals surface area contributed by atoms with E-state index < -0.39 is 11.6 Å². The Morgan fingerprint density at radius 1 is 1.44 bits per heavy atom. The Balaban J connectivity index is 2.49. The van der Waals surface area contributed by atoms with Crippen molar-refractivity contribution in [1.29, 1.82) is 0 Å². The molecular formula is C12H13F2NO. The van der Waals surface area contributed by atoms with Crippen molar-refractivity contribution in [3.8, 4) is 0 Å². The second kappa shape index (κ2) is 4.22.